The Bertz CT molecular complexity index is 725. The quantitative estimate of drug-likeness (QED) is 0.564. The van der Waals surface area contributed by atoms with Crippen molar-refractivity contribution in [3.05, 3.63) is 64.5 Å². The number of hydrogen-bond acceptors (Lipinski definition) is 1. The average molecular weight is 333 g/mol. The summed E-state index contributed by atoms with van der Waals surface area (Å²) in [5.41, 5.74) is 3.47. The molecule has 1 aromatic rings. The third-order valence-corrected chi connectivity index (χ3v) is 4.06. The molecular weight excluding hydrogens is 311 g/mol. The van der Waals surface area contributed by atoms with Crippen LogP contribution in [0.3, 0.4) is 0 Å². The van der Waals surface area contributed by atoms with Crippen LogP contribution in [0.4, 0.5) is 18.9 Å². The lowest BCUT2D eigenvalue weighted by molar-refractivity contribution is 0.187. The fraction of sp³-hybridized carbons (Fsp3) is 0.350. The van der Waals surface area contributed by atoms with Gasteiger partial charge >= 0.3 is 0 Å². The zero-order valence-corrected chi connectivity index (χ0v) is 14.2. The zero-order chi connectivity index (χ0) is 17.7. The first-order chi connectivity index (χ1) is 11.5. The fourth-order valence-corrected chi connectivity index (χ4v) is 2.63. The molecule has 0 aliphatic heterocycles. The van der Waals surface area contributed by atoms with E-state index in [1.165, 1.54) is 12.1 Å². The van der Waals surface area contributed by atoms with E-state index in [-0.39, 0.29) is 17.8 Å². The molecule has 0 amide bonds. The van der Waals surface area contributed by atoms with Gasteiger partial charge in [-0.1, -0.05) is 38.1 Å². The molecular formula is C20H22F3N. The van der Waals surface area contributed by atoms with Gasteiger partial charge in [-0.15, -0.1) is 0 Å². The van der Waals surface area contributed by atoms with Crippen LogP contribution in [0, 0.1) is 12.7 Å². The van der Waals surface area contributed by atoms with Crippen LogP contribution in [0.15, 0.2) is 52.6 Å². The van der Waals surface area contributed by atoms with Crippen LogP contribution in [-0.4, -0.2) is 12.1 Å². The van der Waals surface area contributed by atoms with Crippen molar-refractivity contribution in [3.63, 3.8) is 0 Å². The summed E-state index contributed by atoms with van der Waals surface area (Å²) in [5, 5.41) is 0. The van der Waals surface area contributed by atoms with Crippen molar-refractivity contribution in [2.75, 3.05) is 0 Å². The van der Waals surface area contributed by atoms with Gasteiger partial charge in [-0.2, -0.15) is 0 Å². The smallest absolute Gasteiger partial charge is 0.252 e. The molecule has 0 saturated carbocycles. The summed E-state index contributed by atoms with van der Waals surface area (Å²) in [6, 6.07) is 3.22. The second kappa shape index (κ2) is 8.13. The number of rotatable bonds is 5. The molecule has 1 aliphatic rings. The second-order valence-corrected chi connectivity index (χ2v) is 5.77. The van der Waals surface area contributed by atoms with Crippen molar-refractivity contribution in [3.8, 4) is 0 Å². The predicted molar refractivity (Wildman–Crippen MR) is 93.8 cm³/mol. The summed E-state index contributed by atoms with van der Waals surface area (Å²) in [6.07, 6.45) is 5.68. The Morgan fingerprint density at radius 1 is 1.25 bits per heavy atom. The van der Waals surface area contributed by atoms with Gasteiger partial charge in [0.25, 0.3) is 6.43 Å². The van der Waals surface area contributed by atoms with Gasteiger partial charge in [-0.3, -0.25) is 4.99 Å². The van der Waals surface area contributed by atoms with E-state index in [4.69, 9.17) is 0 Å². The SMILES string of the molecule is CCC(=Nc1cc(F)c(CC)cc1C)C1=CC=CCC(C(F)F)=C1. The molecule has 1 aromatic carbocycles. The summed E-state index contributed by atoms with van der Waals surface area (Å²) in [7, 11) is 0. The number of nitrogens with zero attached hydrogens (tertiary/aromatic N) is 1. The summed E-state index contributed by atoms with van der Waals surface area (Å²) in [6.45, 7) is 5.69. The molecule has 24 heavy (non-hydrogen) atoms. The number of aliphatic imine (C=N–C) groups is 1. The third kappa shape index (κ3) is 4.25. The van der Waals surface area contributed by atoms with Gasteiger partial charge in [0.2, 0.25) is 0 Å². The van der Waals surface area contributed by atoms with E-state index in [0.717, 1.165) is 5.56 Å². The molecule has 4 heteroatoms. The highest BCUT2D eigenvalue weighted by Crippen LogP contribution is 2.26. The standard InChI is InChI=1S/C20H22F3N/c1-4-14-10-13(3)19(12-17(14)21)24-18(5-2)15-8-6-7-9-16(11-15)20(22)23/h6-8,10-12,20H,4-5,9H2,1-3H3. The van der Waals surface area contributed by atoms with Gasteiger partial charge in [0.05, 0.1) is 5.69 Å². The first-order valence-electron chi connectivity index (χ1n) is 8.18. The highest BCUT2D eigenvalue weighted by molar-refractivity contribution is 6.04. The number of aryl methyl sites for hydroxylation is 2. The molecule has 0 aromatic heterocycles. The lowest BCUT2D eigenvalue weighted by Crippen LogP contribution is -2.03. The van der Waals surface area contributed by atoms with Crippen molar-refractivity contribution >= 4 is 11.4 Å². The molecule has 128 valence electrons. The van der Waals surface area contributed by atoms with Gasteiger partial charge < -0.3 is 0 Å². The van der Waals surface area contributed by atoms with Gasteiger partial charge in [0, 0.05) is 11.8 Å². The Labute approximate surface area is 141 Å². The number of halogens is 3. The van der Waals surface area contributed by atoms with E-state index in [2.05, 4.69) is 4.99 Å². The van der Waals surface area contributed by atoms with Crippen LogP contribution >= 0.6 is 0 Å². The molecule has 0 bridgehead atoms. The van der Waals surface area contributed by atoms with Crippen LogP contribution in [0.1, 0.15) is 37.8 Å². The maximum absolute atomic E-state index is 14.1. The maximum Gasteiger partial charge on any atom is 0.260 e. The number of allylic oxidation sites excluding steroid dienone is 6. The number of benzene rings is 1. The minimum absolute atomic E-state index is 0.0698. The lowest BCUT2D eigenvalue weighted by atomic mass is 10.0. The summed E-state index contributed by atoms with van der Waals surface area (Å²) < 4.78 is 40.2. The highest BCUT2D eigenvalue weighted by Gasteiger charge is 2.14. The van der Waals surface area contributed by atoms with E-state index < -0.39 is 6.43 Å². The fourth-order valence-electron chi connectivity index (χ4n) is 2.63. The molecule has 2 rings (SSSR count). The van der Waals surface area contributed by atoms with Crippen molar-refractivity contribution in [1.82, 2.24) is 0 Å². The Morgan fingerprint density at radius 3 is 2.62 bits per heavy atom. The van der Waals surface area contributed by atoms with Gasteiger partial charge in [-0.25, -0.2) is 13.2 Å². The molecule has 0 unspecified atom stereocenters. The first-order valence-corrected chi connectivity index (χ1v) is 8.18. The van der Waals surface area contributed by atoms with E-state index in [1.807, 2.05) is 20.8 Å². The molecule has 1 aliphatic carbocycles. The van der Waals surface area contributed by atoms with Gasteiger partial charge in [0.15, 0.2) is 0 Å². The molecule has 0 heterocycles. The lowest BCUT2D eigenvalue weighted by Gasteiger charge is -2.10. The number of alkyl halides is 2. The maximum atomic E-state index is 14.1. The van der Waals surface area contributed by atoms with Crippen LogP contribution in [0.2, 0.25) is 0 Å². The molecule has 0 radical (unpaired) electrons. The Balaban J connectivity index is 2.46. The summed E-state index contributed by atoms with van der Waals surface area (Å²) in [5.74, 6) is -0.282. The molecule has 0 saturated heterocycles. The Morgan fingerprint density at radius 2 is 2.00 bits per heavy atom. The second-order valence-electron chi connectivity index (χ2n) is 5.77. The van der Waals surface area contributed by atoms with Crippen LogP contribution in [0.25, 0.3) is 0 Å². The Kier molecular flexibility index (Phi) is 6.18. The normalized spacial score (nSPS) is 15.4. The van der Waals surface area contributed by atoms with Crippen LogP contribution in [-0.2, 0) is 6.42 Å². The van der Waals surface area contributed by atoms with Gasteiger partial charge in [-0.05, 0) is 54.5 Å². The zero-order valence-electron chi connectivity index (χ0n) is 14.2. The van der Waals surface area contributed by atoms with Crippen LogP contribution in [0.5, 0.6) is 0 Å². The summed E-state index contributed by atoms with van der Waals surface area (Å²) >= 11 is 0. The Hall–Kier alpha value is -2.10. The largest absolute Gasteiger partial charge is 0.260 e. The average Bonchev–Trinajstić information content (AvgIpc) is 2.81. The summed E-state index contributed by atoms with van der Waals surface area (Å²) in [4.78, 5) is 4.56. The number of hydrogen-bond donors (Lipinski definition) is 0. The van der Waals surface area contributed by atoms with Crippen molar-refractivity contribution in [1.29, 1.82) is 0 Å². The minimum atomic E-state index is -2.49. The van der Waals surface area contributed by atoms with Gasteiger partial charge in [0.1, 0.15) is 5.82 Å². The highest BCUT2D eigenvalue weighted by atomic mass is 19.3. The van der Waals surface area contributed by atoms with Crippen molar-refractivity contribution in [2.24, 2.45) is 4.99 Å². The monoisotopic (exact) mass is 333 g/mol. The van der Waals surface area contributed by atoms with E-state index in [9.17, 15) is 13.2 Å². The van der Waals surface area contributed by atoms with E-state index in [0.29, 0.717) is 35.4 Å². The minimum Gasteiger partial charge on any atom is -0.252 e. The third-order valence-electron chi connectivity index (χ3n) is 4.06. The topological polar surface area (TPSA) is 12.4 Å². The van der Waals surface area contributed by atoms with Crippen molar-refractivity contribution < 1.29 is 13.2 Å². The molecule has 0 atom stereocenters. The molecule has 0 N–H and O–H groups in total. The van der Waals surface area contributed by atoms with E-state index in [1.54, 1.807) is 24.3 Å². The first kappa shape index (κ1) is 18.2. The van der Waals surface area contributed by atoms with Crippen molar-refractivity contribution in [2.45, 2.75) is 46.5 Å². The van der Waals surface area contributed by atoms with Crippen LogP contribution < -0.4 is 0 Å². The molecule has 0 fully saturated rings. The molecule has 0 spiro atoms. The van der Waals surface area contributed by atoms with E-state index >= 15 is 0 Å². The predicted octanol–water partition coefficient (Wildman–Crippen LogP) is 6.26. The molecule has 1 nitrogen and oxygen atoms in total.